The fourth-order valence-corrected chi connectivity index (χ4v) is 0.612. The van der Waals surface area contributed by atoms with E-state index in [9.17, 15) is 0 Å². The minimum Gasteiger partial charge on any atom is -1.00 e. The molecule has 0 N–H and O–H groups in total. The van der Waals surface area contributed by atoms with Gasteiger partial charge in [0, 0.05) is 0 Å². The van der Waals surface area contributed by atoms with Gasteiger partial charge in [-0.2, -0.15) is 0 Å². The minimum absolute atomic E-state index is 0. The zero-order valence-electron chi connectivity index (χ0n) is 6.92. The maximum atomic E-state index is 5.68. The Labute approximate surface area is 143 Å². The smallest absolute Gasteiger partial charge is 1.00 e. The summed E-state index contributed by atoms with van der Waals surface area (Å²) in [6.45, 7) is 4.22. The zero-order valence-corrected chi connectivity index (χ0v) is 15.6. The molecule has 0 radical (unpaired) electrons. The molecule has 0 bridgehead atoms. The summed E-state index contributed by atoms with van der Waals surface area (Å²) < 4.78 is 0. The van der Waals surface area contributed by atoms with E-state index in [1.54, 1.807) is 0 Å². The fraction of sp³-hybridized carbons (Fsp3) is 1.00. The predicted octanol–water partition coefficient (Wildman–Crippen LogP) is -16.6. The molecule has 9 heteroatoms. The Balaban J connectivity index is -0.00000000595. The fourth-order valence-electron chi connectivity index (χ4n) is 0.204. The van der Waals surface area contributed by atoms with Crippen molar-refractivity contribution in [2.75, 3.05) is 11.5 Å². The zero-order chi connectivity index (χ0) is 4.99. The van der Waals surface area contributed by atoms with Gasteiger partial charge >= 0.3 is 24.4 Å². The van der Waals surface area contributed by atoms with Crippen molar-refractivity contribution in [1.29, 1.82) is 0 Å². The van der Waals surface area contributed by atoms with E-state index in [1.807, 2.05) is 0 Å². The van der Waals surface area contributed by atoms with Crippen molar-refractivity contribution in [3.8, 4) is 0 Å². The van der Waals surface area contributed by atoms with Crippen LogP contribution < -0.4 is 74.4 Å². The van der Waals surface area contributed by atoms with E-state index in [1.165, 1.54) is 0 Å². The van der Waals surface area contributed by atoms with E-state index >= 15 is 0 Å². The molecule has 0 heterocycles. The Bertz CT molecular complexity index is 39.7. The molecular weight excluding hydrogens is 450 g/mol. The Hall–Kier alpha value is 3.20. The monoisotopic (exact) mass is 456 g/mol. The van der Waals surface area contributed by atoms with Crippen molar-refractivity contribution >= 4 is 45.2 Å². The number of hydrogen-bond donors (Lipinski definition) is 0. The van der Waals surface area contributed by atoms with Crippen molar-refractivity contribution in [2.45, 2.75) is 13.8 Å². The van der Waals surface area contributed by atoms with Crippen molar-refractivity contribution < 1.29 is 74.4 Å². The van der Waals surface area contributed by atoms with Crippen molar-refractivity contribution in [3.63, 3.8) is 0 Å². The molecule has 0 rings (SSSR count). The van der Waals surface area contributed by atoms with Crippen LogP contribution in [0.4, 0.5) is 0 Å². The van der Waals surface area contributed by atoms with Gasteiger partial charge in [-0.25, -0.2) is 0 Å². The maximum Gasteiger partial charge on any atom is 5.00 e. The normalized spacial score (nSPS) is 4.62. The molecule has 0 aromatic rings. The summed E-state index contributed by atoms with van der Waals surface area (Å²) in [5.74, 6) is 2.25. The second-order valence-corrected chi connectivity index (χ2v) is 4.31. The molecule has 0 aliphatic carbocycles. The number of rotatable bonds is 2. The van der Waals surface area contributed by atoms with Crippen LogP contribution in [0.3, 0.4) is 0 Å². The van der Waals surface area contributed by atoms with Crippen LogP contribution in [0.15, 0.2) is 0 Å². The molecule has 0 aliphatic heterocycles. The van der Waals surface area contributed by atoms with Gasteiger partial charge in [0.1, 0.15) is 21.6 Å². The third kappa shape index (κ3) is 51.1. The molecule has 0 saturated carbocycles. The summed E-state index contributed by atoms with van der Waals surface area (Å²) >= 11 is 0. The molecule has 0 fully saturated rings. The summed E-state index contributed by atoms with van der Waals surface area (Å²) in [6.07, 6.45) is 0. The molecule has 0 amide bonds. The second-order valence-electron chi connectivity index (χ2n) is 1.000. The molecule has 0 atom stereocenters. The van der Waals surface area contributed by atoms with Crippen LogP contribution in [0.2, 0.25) is 0 Å². The molecule has 86 valence electrons. The minimum atomic E-state index is 0. The van der Waals surface area contributed by atoms with Gasteiger partial charge in [0.15, 0.2) is 10.7 Å². The van der Waals surface area contributed by atoms with E-state index in [0.717, 1.165) is 11.5 Å². The first-order valence-electron chi connectivity index (χ1n) is 2.15. The van der Waals surface area contributed by atoms with E-state index in [4.69, 9.17) is 10.7 Å². The summed E-state index contributed by atoms with van der Waals surface area (Å²) in [5, 5.41) is 0. The molecular formula is C4H10Cl7SSb. The van der Waals surface area contributed by atoms with E-state index < -0.39 is 0 Å². The van der Waals surface area contributed by atoms with Crippen LogP contribution in [0.25, 0.3) is 0 Å². The summed E-state index contributed by atoms with van der Waals surface area (Å²) in [4.78, 5) is 0. The molecule has 0 aromatic carbocycles. The topological polar surface area (TPSA) is 0 Å². The first-order valence-corrected chi connectivity index (χ1v) is 4.53. The van der Waals surface area contributed by atoms with Gasteiger partial charge in [-0.05, 0) is 13.8 Å². The summed E-state index contributed by atoms with van der Waals surface area (Å²) in [6, 6.07) is 0. The standard InChI is InChI=1S/C4H10ClS.6ClH.Sb/c1-3-6(5)4-2;;;;;;;/h3-4H2,1-2H3;6*1H;/q+1;;;;;;;+5/p-6. The summed E-state index contributed by atoms with van der Waals surface area (Å²) in [7, 11) is 5.87. The van der Waals surface area contributed by atoms with Crippen LogP contribution in [-0.2, 0) is 10.1 Å². The van der Waals surface area contributed by atoms with Gasteiger partial charge in [0.2, 0.25) is 0 Å². The third-order valence-electron chi connectivity index (χ3n) is 0.626. The van der Waals surface area contributed by atoms with Gasteiger partial charge in [-0.3, -0.25) is 0 Å². The van der Waals surface area contributed by atoms with Crippen LogP contribution >= 0.6 is 10.7 Å². The molecule has 0 saturated heterocycles. The Morgan fingerprint density at radius 3 is 0.923 bits per heavy atom. The van der Waals surface area contributed by atoms with Crippen molar-refractivity contribution in [1.82, 2.24) is 0 Å². The van der Waals surface area contributed by atoms with Gasteiger partial charge in [0.05, 0.1) is 0 Å². The third-order valence-corrected chi connectivity index (χ3v) is 3.19. The van der Waals surface area contributed by atoms with Crippen LogP contribution in [0.1, 0.15) is 13.8 Å². The molecule has 0 unspecified atom stereocenters. The number of halogens is 7. The molecule has 0 nitrogen and oxygen atoms in total. The van der Waals surface area contributed by atoms with Gasteiger partial charge < -0.3 is 74.4 Å². The Morgan fingerprint density at radius 2 is 0.923 bits per heavy atom. The van der Waals surface area contributed by atoms with Crippen molar-refractivity contribution in [2.24, 2.45) is 0 Å². The first-order chi connectivity index (χ1) is 2.81. The van der Waals surface area contributed by atoms with E-state index in [-0.39, 0.29) is 109 Å². The first kappa shape index (κ1) is 55.7. The molecule has 0 aliphatic rings. The quantitative estimate of drug-likeness (QED) is 0.284. The van der Waals surface area contributed by atoms with Gasteiger partial charge in [-0.1, -0.05) is 0 Å². The second kappa shape index (κ2) is 45.6. The van der Waals surface area contributed by atoms with Gasteiger partial charge in [0.25, 0.3) is 0 Å². The van der Waals surface area contributed by atoms with Crippen LogP contribution in [0.5, 0.6) is 0 Å². The summed E-state index contributed by atoms with van der Waals surface area (Å²) in [5.41, 5.74) is 0. The maximum absolute atomic E-state index is 5.68. The molecule has 0 spiro atoms. The Kier molecular flexibility index (Phi) is 195. The van der Waals surface area contributed by atoms with Crippen LogP contribution in [0, 0.1) is 0 Å². The van der Waals surface area contributed by atoms with Crippen molar-refractivity contribution in [3.05, 3.63) is 0 Å². The predicted molar refractivity (Wildman–Crippen MR) is 40.1 cm³/mol. The van der Waals surface area contributed by atoms with Gasteiger partial charge in [-0.15, -0.1) is 0 Å². The van der Waals surface area contributed by atoms with E-state index in [2.05, 4.69) is 13.8 Å². The largest absolute Gasteiger partial charge is 5.00 e. The Morgan fingerprint density at radius 1 is 0.769 bits per heavy atom. The number of hydrogen-bond acceptors (Lipinski definition) is 0. The average Bonchev–Trinajstić information content (AvgIpc) is 1.65. The molecule has 13 heavy (non-hydrogen) atoms. The van der Waals surface area contributed by atoms with E-state index in [0.29, 0.717) is 0 Å². The molecule has 0 aromatic heterocycles. The van der Waals surface area contributed by atoms with Crippen LogP contribution in [-0.4, -0.2) is 35.9 Å². The average molecular weight is 460 g/mol. The SMILES string of the molecule is CC[S+](Cl)CC.[Cl-].[Cl-].[Cl-].[Cl-].[Cl-].[Cl-].[Sb+5].